The molecule has 3 aromatic rings. The molecule has 2 N–H and O–H groups in total. The first-order valence-electron chi connectivity index (χ1n) is 11.4. The molecule has 0 radical (unpaired) electrons. The Morgan fingerprint density at radius 1 is 1.00 bits per heavy atom. The Morgan fingerprint density at radius 2 is 1.66 bits per heavy atom. The van der Waals surface area contributed by atoms with Gasteiger partial charge in [-0.1, -0.05) is 24.6 Å². The van der Waals surface area contributed by atoms with Crippen molar-refractivity contribution >= 4 is 28.6 Å². The Balaban J connectivity index is 0.000000364. The molecule has 2 aliphatic rings. The van der Waals surface area contributed by atoms with Crippen LogP contribution in [-0.4, -0.2) is 57.2 Å². The van der Waals surface area contributed by atoms with E-state index < -0.39 is 12.1 Å². The number of alkyl halides is 3. The van der Waals surface area contributed by atoms with Gasteiger partial charge in [0.2, 0.25) is 0 Å². The minimum absolute atomic E-state index is 0.220. The molecule has 1 aromatic heterocycles. The monoisotopic (exact) mass is 486 g/mol. The van der Waals surface area contributed by atoms with Gasteiger partial charge in [0.1, 0.15) is 5.69 Å². The molecular weight excluding hydrogens is 461 g/mol. The number of halogens is 3. The van der Waals surface area contributed by atoms with Crippen molar-refractivity contribution in [2.24, 2.45) is 0 Å². The highest BCUT2D eigenvalue weighted by molar-refractivity contribution is 6.03. The number of anilines is 1. The van der Waals surface area contributed by atoms with Crippen LogP contribution in [-0.2, 0) is 17.6 Å². The van der Waals surface area contributed by atoms with Gasteiger partial charge in [0, 0.05) is 24.8 Å². The second-order valence-corrected chi connectivity index (χ2v) is 8.61. The molecule has 1 fully saturated rings. The van der Waals surface area contributed by atoms with Gasteiger partial charge in [-0.05, 0) is 61.1 Å². The number of carboxylic acid groups (broad SMARTS) is 1. The number of fused-ring (bicyclic) bond motifs is 2. The van der Waals surface area contributed by atoms with Crippen LogP contribution in [0.4, 0.5) is 18.9 Å². The summed E-state index contributed by atoms with van der Waals surface area (Å²) in [5, 5.41) is 10.1. The maximum atomic E-state index is 12.7. The Kier molecular flexibility index (Phi) is 7.30. The first kappa shape index (κ1) is 24.6. The largest absolute Gasteiger partial charge is 0.490 e. The van der Waals surface area contributed by atoms with Gasteiger partial charge in [0.05, 0.1) is 17.2 Å². The van der Waals surface area contributed by atoms with E-state index in [1.165, 1.54) is 36.6 Å². The van der Waals surface area contributed by atoms with E-state index >= 15 is 0 Å². The molecule has 0 saturated heterocycles. The Labute approximate surface area is 200 Å². The Bertz CT molecular complexity index is 1230. The molecule has 2 aromatic carbocycles. The van der Waals surface area contributed by atoms with Gasteiger partial charge in [-0.25, -0.2) is 9.78 Å². The minimum atomic E-state index is -5.08. The summed E-state index contributed by atoms with van der Waals surface area (Å²) in [6, 6.07) is 14.7. The van der Waals surface area contributed by atoms with Gasteiger partial charge in [-0.3, -0.25) is 14.7 Å². The number of nitrogens with zero attached hydrogens (tertiary/aromatic N) is 3. The van der Waals surface area contributed by atoms with E-state index in [0.717, 1.165) is 48.7 Å². The van der Waals surface area contributed by atoms with E-state index in [0.29, 0.717) is 5.69 Å². The maximum absolute atomic E-state index is 12.7. The maximum Gasteiger partial charge on any atom is 0.490 e. The van der Waals surface area contributed by atoms with Gasteiger partial charge in [0.25, 0.3) is 5.91 Å². The summed E-state index contributed by atoms with van der Waals surface area (Å²) in [6.45, 7) is 2.27. The van der Waals surface area contributed by atoms with Crippen LogP contribution in [0.1, 0.15) is 40.9 Å². The van der Waals surface area contributed by atoms with Crippen molar-refractivity contribution in [3.63, 3.8) is 0 Å². The van der Waals surface area contributed by atoms with Crippen molar-refractivity contribution in [1.29, 1.82) is 0 Å². The number of carbonyl (C=O) groups excluding carboxylic acids is 1. The van der Waals surface area contributed by atoms with Crippen LogP contribution in [0, 0.1) is 0 Å². The predicted molar refractivity (Wildman–Crippen MR) is 124 cm³/mol. The van der Waals surface area contributed by atoms with Crippen LogP contribution in [0.25, 0.3) is 11.0 Å². The number of hydrogen-bond acceptors (Lipinski definition) is 5. The fourth-order valence-corrected chi connectivity index (χ4v) is 4.20. The predicted octanol–water partition coefficient (Wildman–Crippen LogP) is 4.47. The van der Waals surface area contributed by atoms with Crippen molar-refractivity contribution in [2.75, 3.05) is 18.4 Å². The van der Waals surface area contributed by atoms with Crippen LogP contribution in [0.15, 0.2) is 48.7 Å². The van der Waals surface area contributed by atoms with Gasteiger partial charge in [0.15, 0.2) is 0 Å². The zero-order chi connectivity index (χ0) is 25.0. The third kappa shape index (κ3) is 6.13. The summed E-state index contributed by atoms with van der Waals surface area (Å²) in [5.74, 6) is -2.98. The van der Waals surface area contributed by atoms with E-state index in [4.69, 9.17) is 9.90 Å². The molecule has 1 amide bonds. The van der Waals surface area contributed by atoms with E-state index in [1.54, 1.807) is 0 Å². The average Bonchev–Trinajstić information content (AvgIpc) is 3.00. The topological polar surface area (TPSA) is 95.4 Å². The van der Waals surface area contributed by atoms with Crippen molar-refractivity contribution in [3.05, 3.63) is 65.5 Å². The van der Waals surface area contributed by atoms with Crippen LogP contribution in [0.2, 0.25) is 0 Å². The van der Waals surface area contributed by atoms with E-state index in [9.17, 15) is 18.0 Å². The molecule has 1 aliphatic heterocycles. The highest BCUT2D eigenvalue weighted by Gasteiger charge is 2.38. The van der Waals surface area contributed by atoms with Crippen LogP contribution < -0.4 is 5.32 Å². The van der Waals surface area contributed by atoms with E-state index in [-0.39, 0.29) is 5.91 Å². The third-order valence-electron chi connectivity index (χ3n) is 6.32. The quantitative estimate of drug-likeness (QED) is 0.567. The summed E-state index contributed by atoms with van der Waals surface area (Å²) >= 11 is 0. The van der Waals surface area contributed by atoms with E-state index in [1.807, 2.05) is 30.3 Å². The molecule has 0 spiro atoms. The van der Waals surface area contributed by atoms with Crippen LogP contribution in [0.3, 0.4) is 0 Å². The number of aromatic nitrogens is 2. The number of carboxylic acids is 1. The summed E-state index contributed by atoms with van der Waals surface area (Å²) in [4.78, 5) is 33.0. The summed E-state index contributed by atoms with van der Waals surface area (Å²) < 4.78 is 31.7. The summed E-state index contributed by atoms with van der Waals surface area (Å²) in [6.07, 6.45) is 2.68. The van der Waals surface area contributed by atoms with Gasteiger partial charge in [-0.2, -0.15) is 13.2 Å². The molecular formula is C25H25F3N4O3. The fourth-order valence-electron chi connectivity index (χ4n) is 4.20. The first-order valence-corrected chi connectivity index (χ1v) is 11.4. The lowest BCUT2D eigenvalue weighted by Crippen LogP contribution is -2.41. The summed E-state index contributed by atoms with van der Waals surface area (Å²) in [5.41, 5.74) is 5.45. The molecule has 2 heterocycles. The second-order valence-electron chi connectivity index (χ2n) is 8.61. The smallest absolute Gasteiger partial charge is 0.475 e. The lowest BCUT2D eigenvalue weighted by Gasteiger charge is -2.36. The Hall–Kier alpha value is -3.53. The number of aliphatic carboxylic acids is 1. The zero-order valence-electron chi connectivity index (χ0n) is 18.9. The lowest BCUT2D eigenvalue weighted by molar-refractivity contribution is -0.192. The Morgan fingerprint density at radius 3 is 2.29 bits per heavy atom. The minimum Gasteiger partial charge on any atom is -0.475 e. The zero-order valence-corrected chi connectivity index (χ0v) is 18.9. The molecule has 10 heteroatoms. The molecule has 7 nitrogen and oxygen atoms in total. The number of hydrogen-bond donors (Lipinski definition) is 2. The molecule has 184 valence electrons. The first-order chi connectivity index (χ1) is 16.7. The van der Waals surface area contributed by atoms with Crippen molar-refractivity contribution in [1.82, 2.24) is 14.9 Å². The molecule has 1 saturated carbocycles. The molecule has 0 atom stereocenters. The van der Waals surface area contributed by atoms with Gasteiger partial charge in [-0.15, -0.1) is 0 Å². The number of para-hydroxylation sites is 2. The molecule has 0 bridgehead atoms. The number of carbonyl (C=O) groups is 2. The van der Waals surface area contributed by atoms with Crippen molar-refractivity contribution < 1.29 is 27.9 Å². The number of rotatable bonds is 3. The molecule has 35 heavy (non-hydrogen) atoms. The van der Waals surface area contributed by atoms with E-state index in [2.05, 4.69) is 32.3 Å². The third-order valence-corrected chi connectivity index (χ3v) is 6.32. The fraction of sp³-hybridized carbons (Fsp3) is 0.360. The van der Waals surface area contributed by atoms with Crippen LogP contribution in [0.5, 0.6) is 0 Å². The second kappa shape index (κ2) is 10.4. The lowest BCUT2D eigenvalue weighted by atomic mass is 9.91. The van der Waals surface area contributed by atoms with Gasteiger partial charge >= 0.3 is 12.1 Å². The standard InChI is InChI=1S/C23H24N4O.C2HF3O2/c28-23(22-15-24-20-6-1-2-7-21(20)26-22)25-18-9-8-16-10-12-27(19-4-3-5-19)13-11-17(16)14-18;3-2(4,5)1(6)7/h1-2,6-9,14-15,19H,3-5,10-13H2,(H,25,28);(H,6,7). The number of amides is 1. The normalized spacial score (nSPS) is 16.3. The van der Waals surface area contributed by atoms with Crippen molar-refractivity contribution in [3.8, 4) is 0 Å². The highest BCUT2D eigenvalue weighted by Crippen LogP contribution is 2.28. The SMILES string of the molecule is O=C(Nc1ccc2c(c1)CCN(C1CCC1)CC2)c1cnc2ccccc2n1.O=C(O)C(F)(F)F. The molecule has 1 aliphatic carbocycles. The number of nitrogens with one attached hydrogen (secondary N) is 1. The van der Waals surface area contributed by atoms with Gasteiger partial charge < -0.3 is 10.4 Å². The number of benzene rings is 2. The highest BCUT2D eigenvalue weighted by atomic mass is 19.4. The van der Waals surface area contributed by atoms with Crippen LogP contribution >= 0.6 is 0 Å². The molecule has 0 unspecified atom stereocenters. The van der Waals surface area contributed by atoms with Crippen molar-refractivity contribution in [2.45, 2.75) is 44.3 Å². The summed E-state index contributed by atoms with van der Waals surface area (Å²) in [7, 11) is 0. The average molecular weight is 486 g/mol. The molecule has 5 rings (SSSR count).